The molecule has 1 atom stereocenters. The number of nitrogens with zero attached hydrogens (tertiary/aromatic N) is 2. The van der Waals surface area contributed by atoms with Gasteiger partial charge >= 0.3 is 5.97 Å². The number of ether oxygens (including phenoxy) is 1. The van der Waals surface area contributed by atoms with E-state index in [0.717, 1.165) is 6.42 Å². The Morgan fingerprint density at radius 3 is 2.70 bits per heavy atom. The standard InChI is InChI=1S/C12H12Cl2N2O4/c1-20-12(17)9-3-2-4-15(9)10-5-7(13)8(14)6-11(10)16(18)19/h5-6,9H,2-4H2,1H3. The van der Waals surface area contributed by atoms with Crippen LogP contribution >= 0.6 is 23.2 Å². The van der Waals surface area contributed by atoms with Crippen LogP contribution in [0.2, 0.25) is 10.0 Å². The van der Waals surface area contributed by atoms with Crippen LogP contribution in [-0.2, 0) is 9.53 Å². The molecule has 108 valence electrons. The molecule has 1 aliphatic rings. The molecule has 0 spiro atoms. The maximum absolute atomic E-state index is 11.7. The zero-order chi connectivity index (χ0) is 14.9. The summed E-state index contributed by atoms with van der Waals surface area (Å²) in [5.41, 5.74) is 0.118. The minimum absolute atomic E-state index is 0.107. The van der Waals surface area contributed by atoms with Gasteiger partial charge in [-0.1, -0.05) is 23.2 Å². The molecule has 1 heterocycles. The van der Waals surface area contributed by atoms with Crippen LogP contribution in [0.25, 0.3) is 0 Å². The molecule has 8 heteroatoms. The molecule has 0 aromatic heterocycles. The highest BCUT2D eigenvalue weighted by molar-refractivity contribution is 6.42. The fraction of sp³-hybridized carbons (Fsp3) is 0.417. The zero-order valence-corrected chi connectivity index (χ0v) is 12.1. The van der Waals surface area contributed by atoms with Crippen molar-refractivity contribution in [3.8, 4) is 0 Å². The lowest BCUT2D eigenvalue weighted by Crippen LogP contribution is -2.37. The first-order chi connectivity index (χ1) is 9.45. The molecule has 1 saturated heterocycles. The van der Waals surface area contributed by atoms with Gasteiger partial charge in [-0.2, -0.15) is 0 Å². The van der Waals surface area contributed by atoms with E-state index in [1.165, 1.54) is 19.2 Å². The number of benzene rings is 1. The molecule has 0 amide bonds. The second kappa shape index (κ2) is 5.85. The predicted octanol–water partition coefficient (Wildman–Crippen LogP) is 3.04. The molecule has 2 rings (SSSR count). The van der Waals surface area contributed by atoms with Gasteiger partial charge in [0, 0.05) is 12.6 Å². The van der Waals surface area contributed by atoms with Crippen LogP contribution in [0.4, 0.5) is 11.4 Å². The predicted molar refractivity (Wildman–Crippen MR) is 75.5 cm³/mol. The van der Waals surface area contributed by atoms with Crippen LogP contribution in [0.3, 0.4) is 0 Å². The van der Waals surface area contributed by atoms with Gasteiger partial charge in [-0.3, -0.25) is 10.1 Å². The van der Waals surface area contributed by atoms with E-state index >= 15 is 0 Å². The molecular weight excluding hydrogens is 307 g/mol. The van der Waals surface area contributed by atoms with Crippen LogP contribution in [0.1, 0.15) is 12.8 Å². The number of rotatable bonds is 3. The van der Waals surface area contributed by atoms with Crippen LogP contribution in [-0.4, -0.2) is 30.6 Å². The minimum atomic E-state index is -0.537. The highest BCUT2D eigenvalue weighted by Crippen LogP contribution is 2.39. The normalized spacial score (nSPS) is 18.1. The fourth-order valence-electron chi connectivity index (χ4n) is 2.34. The molecule has 1 unspecified atom stereocenters. The van der Waals surface area contributed by atoms with E-state index in [2.05, 4.69) is 0 Å². The summed E-state index contributed by atoms with van der Waals surface area (Å²) in [4.78, 5) is 24.0. The SMILES string of the molecule is COC(=O)C1CCCN1c1cc(Cl)c(Cl)cc1[N+](=O)[O-]. The number of nitro benzene ring substituents is 1. The number of nitro groups is 1. The van der Waals surface area contributed by atoms with Crippen molar-refractivity contribution in [2.24, 2.45) is 0 Å². The number of carbonyl (C=O) groups is 1. The number of hydrogen-bond acceptors (Lipinski definition) is 5. The van der Waals surface area contributed by atoms with Gasteiger partial charge in [0.05, 0.1) is 22.1 Å². The lowest BCUT2D eigenvalue weighted by atomic mass is 10.2. The average Bonchev–Trinajstić information content (AvgIpc) is 2.89. The Hall–Kier alpha value is -1.53. The van der Waals surface area contributed by atoms with Gasteiger partial charge in [0.2, 0.25) is 0 Å². The molecule has 1 aliphatic heterocycles. The Morgan fingerprint density at radius 2 is 2.10 bits per heavy atom. The summed E-state index contributed by atoms with van der Waals surface area (Å²) in [5, 5.41) is 11.5. The maximum atomic E-state index is 11.7. The lowest BCUT2D eigenvalue weighted by molar-refractivity contribution is -0.384. The molecule has 1 aromatic carbocycles. The summed E-state index contributed by atoms with van der Waals surface area (Å²) in [7, 11) is 1.29. The highest BCUT2D eigenvalue weighted by atomic mass is 35.5. The van der Waals surface area contributed by atoms with Crippen molar-refractivity contribution in [3.05, 3.63) is 32.3 Å². The van der Waals surface area contributed by atoms with E-state index in [0.29, 0.717) is 13.0 Å². The van der Waals surface area contributed by atoms with E-state index in [4.69, 9.17) is 27.9 Å². The van der Waals surface area contributed by atoms with Gasteiger partial charge in [-0.25, -0.2) is 4.79 Å². The van der Waals surface area contributed by atoms with Gasteiger partial charge in [-0.15, -0.1) is 0 Å². The van der Waals surface area contributed by atoms with Gasteiger partial charge in [0.25, 0.3) is 5.69 Å². The van der Waals surface area contributed by atoms with Crippen molar-refractivity contribution in [1.29, 1.82) is 0 Å². The van der Waals surface area contributed by atoms with Crippen molar-refractivity contribution in [2.75, 3.05) is 18.6 Å². The monoisotopic (exact) mass is 318 g/mol. The van der Waals surface area contributed by atoms with Crippen LogP contribution in [0.5, 0.6) is 0 Å². The molecule has 0 radical (unpaired) electrons. The highest BCUT2D eigenvalue weighted by Gasteiger charge is 2.35. The summed E-state index contributed by atoms with van der Waals surface area (Å²) in [6.07, 6.45) is 1.33. The zero-order valence-electron chi connectivity index (χ0n) is 10.6. The Morgan fingerprint density at radius 1 is 1.45 bits per heavy atom. The molecule has 1 fully saturated rings. The van der Waals surface area contributed by atoms with Crippen LogP contribution in [0.15, 0.2) is 12.1 Å². The van der Waals surface area contributed by atoms with Gasteiger partial charge in [0.15, 0.2) is 0 Å². The summed E-state index contributed by atoms with van der Waals surface area (Å²) < 4.78 is 4.73. The van der Waals surface area contributed by atoms with Crippen LogP contribution in [0, 0.1) is 10.1 Å². The molecule has 0 aliphatic carbocycles. The molecule has 6 nitrogen and oxygen atoms in total. The van der Waals surface area contributed by atoms with E-state index < -0.39 is 16.9 Å². The molecule has 20 heavy (non-hydrogen) atoms. The maximum Gasteiger partial charge on any atom is 0.328 e. The molecule has 0 saturated carbocycles. The molecular formula is C12H12Cl2N2O4. The summed E-state index contributed by atoms with van der Waals surface area (Å²) >= 11 is 11.7. The Kier molecular flexibility index (Phi) is 4.35. The topological polar surface area (TPSA) is 72.7 Å². The number of esters is 1. The largest absolute Gasteiger partial charge is 0.467 e. The third-order valence-corrected chi connectivity index (χ3v) is 3.97. The summed E-state index contributed by atoms with van der Waals surface area (Å²) in [6, 6.07) is 2.09. The fourth-order valence-corrected chi connectivity index (χ4v) is 2.65. The van der Waals surface area contributed by atoms with Crippen molar-refractivity contribution in [2.45, 2.75) is 18.9 Å². The van der Waals surface area contributed by atoms with Gasteiger partial charge in [0.1, 0.15) is 11.7 Å². The quantitative estimate of drug-likeness (QED) is 0.486. The summed E-state index contributed by atoms with van der Waals surface area (Å²) in [5.74, 6) is -0.414. The molecule has 1 aromatic rings. The number of halogens is 2. The summed E-state index contributed by atoms with van der Waals surface area (Å²) in [6.45, 7) is 0.526. The van der Waals surface area contributed by atoms with Crippen molar-refractivity contribution in [1.82, 2.24) is 0 Å². The minimum Gasteiger partial charge on any atom is -0.467 e. The van der Waals surface area contributed by atoms with E-state index in [-0.39, 0.29) is 21.4 Å². The third kappa shape index (κ3) is 2.66. The van der Waals surface area contributed by atoms with Gasteiger partial charge in [-0.05, 0) is 18.9 Å². The number of hydrogen-bond donors (Lipinski definition) is 0. The second-order valence-corrected chi connectivity index (χ2v) is 5.20. The van der Waals surface area contributed by atoms with Crippen molar-refractivity contribution < 1.29 is 14.5 Å². The van der Waals surface area contributed by atoms with Crippen LogP contribution < -0.4 is 4.90 Å². The first-order valence-electron chi connectivity index (χ1n) is 5.93. The third-order valence-electron chi connectivity index (χ3n) is 3.25. The smallest absolute Gasteiger partial charge is 0.328 e. The average molecular weight is 319 g/mol. The Bertz CT molecular complexity index is 565. The number of anilines is 1. The number of methoxy groups -OCH3 is 1. The van der Waals surface area contributed by atoms with Gasteiger partial charge < -0.3 is 9.64 Å². The number of carbonyl (C=O) groups excluding carboxylic acids is 1. The molecule has 0 bridgehead atoms. The first kappa shape index (κ1) is 14.9. The van der Waals surface area contributed by atoms with Crippen molar-refractivity contribution >= 4 is 40.5 Å². The molecule has 0 N–H and O–H groups in total. The van der Waals surface area contributed by atoms with E-state index in [1.807, 2.05) is 0 Å². The second-order valence-electron chi connectivity index (χ2n) is 4.39. The van der Waals surface area contributed by atoms with E-state index in [1.54, 1.807) is 4.90 Å². The van der Waals surface area contributed by atoms with Crippen molar-refractivity contribution in [3.63, 3.8) is 0 Å². The Balaban J connectivity index is 2.48. The Labute approximate surface area is 125 Å². The first-order valence-corrected chi connectivity index (χ1v) is 6.69. The lowest BCUT2D eigenvalue weighted by Gasteiger charge is -2.24. The van der Waals surface area contributed by atoms with E-state index in [9.17, 15) is 14.9 Å².